The van der Waals surface area contributed by atoms with E-state index in [1.165, 1.54) is 0 Å². The Morgan fingerprint density at radius 1 is 1.50 bits per heavy atom. The molecular formula is C3H8N4O. The molecule has 46 valence electrons. The molecule has 0 aromatic rings. The number of nitrogens with one attached hydrogen (secondary N) is 2. The predicted molar refractivity (Wildman–Crippen MR) is 27.2 cm³/mol. The molecule has 0 spiro atoms. The van der Waals surface area contributed by atoms with Crippen LogP contribution < -0.4 is 22.3 Å². The van der Waals surface area contributed by atoms with Crippen LogP contribution in [0.4, 0.5) is 0 Å². The molecule has 1 saturated heterocycles. The van der Waals surface area contributed by atoms with Gasteiger partial charge in [0.05, 0.1) is 6.17 Å². The summed E-state index contributed by atoms with van der Waals surface area (Å²) in [7, 11) is 0. The van der Waals surface area contributed by atoms with Gasteiger partial charge in [-0.2, -0.15) is 0 Å². The lowest BCUT2D eigenvalue weighted by Gasteiger charge is -2.02. The summed E-state index contributed by atoms with van der Waals surface area (Å²) >= 11 is 0. The van der Waals surface area contributed by atoms with E-state index >= 15 is 0 Å². The van der Waals surface area contributed by atoms with Crippen molar-refractivity contribution in [1.29, 1.82) is 0 Å². The number of carbonyl (C=O) groups excluding carboxylic acids is 1. The summed E-state index contributed by atoms with van der Waals surface area (Å²) in [5.41, 5.74) is 15.2. The highest BCUT2D eigenvalue weighted by Gasteiger charge is 2.27. The second-order valence-electron chi connectivity index (χ2n) is 1.69. The first-order chi connectivity index (χ1) is 3.72. The second kappa shape index (κ2) is 1.70. The van der Waals surface area contributed by atoms with Gasteiger partial charge < -0.3 is 11.5 Å². The summed E-state index contributed by atoms with van der Waals surface area (Å²) in [5, 5.41) is 0. The highest BCUT2D eigenvalue weighted by Crippen LogP contribution is 1.86. The maximum Gasteiger partial charge on any atom is 0.254 e. The van der Waals surface area contributed by atoms with Crippen molar-refractivity contribution in [3.8, 4) is 0 Å². The third kappa shape index (κ3) is 0.664. The first-order valence-corrected chi connectivity index (χ1v) is 2.28. The summed E-state index contributed by atoms with van der Waals surface area (Å²) in [5.74, 6) is -0.252. The molecule has 1 rings (SSSR count). The van der Waals surface area contributed by atoms with Crippen molar-refractivity contribution in [2.45, 2.75) is 12.2 Å². The molecule has 0 aromatic heterocycles. The Hall–Kier alpha value is -0.650. The Morgan fingerprint density at radius 2 is 2.12 bits per heavy atom. The fourth-order valence-corrected chi connectivity index (χ4v) is 0.491. The van der Waals surface area contributed by atoms with Crippen LogP contribution in [0.3, 0.4) is 0 Å². The Bertz CT molecular complexity index is 114. The molecular weight excluding hydrogens is 108 g/mol. The van der Waals surface area contributed by atoms with Gasteiger partial charge in [0.1, 0.15) is 6.04 Å². The lowest BCUT2D eigenvalue weighted by Crippen LogP contribution is -2.45. The van der Waals surface area contributed by atoms with E-state index in [0.717, 1.165) is 0 Å². The predicted octanol–water partition coefficient (Wildman–Crippen LogP) is -2.77. The van der Waals surface area contributed by atoms with Crippen molar-refractivity contribution in [1.82, 2.24) is 10.9 Å². The average molecular weight is 116 g/mol. The molecule has 0 aliphatic carbocycles. The highest BCUT2D eigenvalue weighted by atomic mass is 16.2. The topological polar surface area (TPSA) is 93.2 Å². The summed E-state index contributed by atoms with van der Waals surface area (Å²) < 4.78 is 0. The average Bonchev–Trinajstić information content (AvgIpc) is 1.98. The Kier molecular flexibility index (Phi) is 1.16. The lowest BCUT2D eigenvalue weighted by molar-refractivity contribution is -0.120. The molecule has 2 unspecified atom stereocenters. The van der Waals surface area contributed by atoms with Gasteiger partial charge in [-0.1, -0.05) is 0 Å². The quantitative estimate of drug-likeness (QED) is 0.276. The largest absolute Gasteiger partial charge is 0.317 e. The molecule has 1 aliphatic heterocycles. The van der Waals surface area contributed by atoms with Crippen LogP contribution in [0.25, 0.3) is 0 Å². The number of hydrogen-bond donors (Lipinski definition) is 4. The van der Waals surface area contributed by atoms with Gasteiger partial charge in [0.2, 0.25) is 0 Å². The van der Waals surface area contributed by atoms with E-state index in [1.807, 2.05) is 0 Å². The van der Waals surface area contributed by atoms with Crippen LogP contribution in [-0.4, -0.2) is 18.1 Å². The Balaban J connectivity index is 2.56. The lowest BCUT2D eigenvalue weighted by atomic mass is 10.3. The van der Waals surface area contributed by atoms with Crippen LogP contribution in [0.15, 0.2) is 0 Å². The summed E-state index contributed by atoms with van der Waals surface area (Å²) in [6, 6.07) is -0.602. The van der Waals surface area contributed by atoms with E-state index in [9.17, 15) is 4.79 Å². The number of rotatable bonds is 0. The standard InChI is InChI=1S/C3H8N4O/c4-1-2(5)6-7-3(1)8/h1-2,6H,4-5H2,(H,7,8). The third-order valence-electron chi connectivity index (χ3n) is 1.05. The summed E-state index contributed by atoms with van der Waals surface area (Å²) in [6.07, 6.45) is -0.442. The van der Waals surface area contributed by atoms with Gasteiger partial charge >= 0.3 is 0 Å². The molecule has 0 saturated carbocycles. The molecule has 0 bridgehead atoms. The second-order valence-corrected chi connectivity index (χ2v) is 1.69. The van der Waals surface area contributed by atoms with E-state index in [1.54, 1.807) is 0 Å². The Morgan fingerprint density at radius 3 is 2.25 bits per heavy atom. The van der Waals surface area contributed by atoms with Crippen LogP contribution in [0.1, 0.15) is 0 Å². The molecule has 8 heavy (non-hydrogen) atoms. The third-order valence-corrected chi connectivity index (χ3v) is 1.05. The SMILES string of the molecule is NC1NNC(=O)C1N. The van der Waals surface area contributed by atoms with E-state index in [0.29, 0.717) is 0 Å². The van der Waals surface area contributed by atoms with Gasteiger partial charge in [-0.15, -0.1) is 0 Å². The van der Waals surface area contributed by atoms with E-state index in [2.05, 4.69) is 10.9 Å². The minimum atomic E-state index is -0.602. The zero-order valence-corrected chi connectivity index (χ0v) is 4.22. The van der Waals surface area contributed by atoms with Crippen LogP contribution in [0, 0.1) is 0 Å². The minimum absolute atomic E-state index is 0.252. The molecule has 6 N–H and O–H groups in total. The number of nitrogens with two attached hydrogens (primary N) is 2. The fourth-order valence-electron chi connectivity index (χ4n) is 0.491. The molecule has 1 fully saturated rings. The number of hydrazine groups is 1. The molecule has 0 radical (unpaired) electrons. The normalized spacial score (nSPS) is 37.5. The molecule has 1 heterocycles. The van der Waals surface area contributed by atoms with Crippen molar-refractivity contribution in [3.63, 3.8) is 0 Å². The van der Waals surface area contributed by atoms with Crippen LogP contribution in [0.5, 0.6) is 0 Å². The van der Waals surface area contributed by atoms with Crippen molar-refractivity contribution in [2.75, 3.05) is 0 Å². The first-order valence-electron chi connectivity index (χ1n) is 2.28. The molecule has 2 atom stereocenters. The van der Waals surface area contributed by atoms with E-state index in [4.69, 9.17) is 11.5 Å². The number of carbonyl (C=O) groups is 1. The first kappa shape index (κ1) is 5.49. The van der Waals surface area contributed by atoms with Gasteiger partial charge in [-0.3, -0.25) is 10.2 Å². The van der Waals surface area contributed by atoms with Crippen LogP contribution >= 0.6 is 0 Å². The van der Waals surface area contributed by atoms with Crippen LogP contribution in [0.2, 0.25) is 0 Å². The molecule has 0 aromatic carbocycles. The zero-order valence-electron chi connectivity index (χ0n) is 4.22. The highest BCUT2D eigenvalue weighted by molar-refractivity contribution is 5.83. The van der Waals surface area contributed by atoms with Gasteiger partial charge in [0.15, 0.2) is 0 Å². The maximum absolute atomic E-state index is 10.4. The van der Waals surface area contributed by atoms with E-state index < -0.39 is 12.2 Å². The number of hydrogen-bond acceptors (Lipinski definition) is 4. The van der Waals surface area contributed by atoms with Gasteiger partial charge in [-0.05, 0) is 0 Å². The molecule has 1 amide bonds. The van der Waals surface area contributed by atoms with Crippen LogP contribution in [-0.2, 0) is 4.79 Å². The summed E-state index contributed by atoms with van der Waals surface area (Å²) in [6.45, 7) is 0. The number of amides is 1. The van der Waals surface area contributed by atoms with Gasteiger partial charge in [0.25, 0.3) is 5.91 Å². The molecule has 5 heteroatoms. The van der Waals surface area contributed by atoms with Crippen molar-refractivity contribution in [3.05, 3.63) is 0 Å². The van der Waals surface area contributed by atoms with Crippen molar-refractivity contribution in [2.24, 2.45) is 11.5 Å². The monoisotopic (exact) mass is 116 g/mol. The van der Waals surface area contributed by atoms with Gasteiger partial charge in [0, 0.05) is 0 Å². The van der Waals surface area contributed by atoms with Gasteiger partial charge in [-0.25, -0.2) is 5.43 Å². The Labute approximate surface area is 46.4 Å². The summed E-state index contributed by atoms with van der Waals surface area (Å²) in [4.78, 5) is 10.4. The van der Waals surface area contributed by atoms with Crippen molar-refractivity contribution >= 4 is 5.91 Å². The minimum Gasteiger partial charge on any atom is -0.317 e. The smallest absolute Gasteiger partial charge is 0.254 e. The molecule has 1 aliphatic rings. The maximum atomic E-state index is 10.4. The van der Waals surface area contributed by atoms with E-state index in [-0.39, 0.29) is 5.91 Å². The zero-order chi connectivity index (χ0) is 6.15. The fraction of sp³-hybridized carbons (Fsp3) is 0.667. The van der Waals surface area contributed by atoms with Crippen molar-refractivity contribution < 1.29 is 4.79 Å². The molecule has 5 nitrogen and oxygen atoms in total.